The number of rotatable bonds is 5. The molecule has 0 aromatic heterocycles. The molecule has 29 heavy (non-hydrogen) atoms. The number of carbonyl (C=O) groups is 1. The quantitative estimate of drug-likeness (QED) is 0.770. The number of hydrogen-bond acceptors (Lipinski definition) is 5. The third kappa shape index (κ3) is 3.67. The van der Waals surface area contributed by atoms with Crippen molar-refractivity contribution in [3.8, 4) is 11.5 Å². The number of anilines is 1. The molecule has 1 aromatic carbocycles. The second-order valence-corrected chi connectivity index (χ2v) is 9.04. The number of nitrogens with zero attached hydrogens (tertiary/aromatic N) is 1. The molecule has 3 aliphatic heterocycles. The van der Waals surface area contributed by atoms with E-state index in [0.29, 0.717) is 41.1 Å². The summed E-state index contributed by atoms with van der Waals surface area (Å²) in [5, 5.41) is 2.89. The minimum Gasteiger partial charge on any atom is -0.454 e. The first-order valence-electron chi connectivity index (χ1n) is 11.4. The molecule has 0 spiro atoms. The number of ether oxygens (including phenoxy) is 3. The molecule has 2 saturated heterocycles. The van der Waals surface area contributed by atoms with E-state index < -0.39 is 0 Å². The SMILES string of the molecule is CCCC[C@H]1[C@@H]2C[C@H]([C@H]3CCCCN31)[C@H](OC(=O)Nc1ccc3c(c1)OCO3)C2. The first-order chi connectivity index (χ1) is 14.2. The van der Waals surface area contributed by atoms with Gasteiger partial charge >= 0.3 is 6.09 Å². The molecule has 3 heterocycles. The molecule has 0 radical (unpaired) electrons. The number of amides is 1. The van der Waals surface area contributed by atoms with Crippen molar-refractivity contribution in [3.05, 3.63) is 18.2 Å². The molecule has 6 nitrogen and oxygen atoms in total. The number of hydrogen-bond donors (Lipinski definition) is 1. The lowest BCUT2D eigenvalue weighted by atomic mass is 9.79. The molecule has 1 aromatic rings. The third-order valence-electron chi connectivity index (χ3n) is 7.37. The molecule has 4 aliphatic rings. The number of piperidine rings is 2. The van der Waals surface area contributed by atoms with Crippen LogP contribution in [0.1, 0.15) is 58.3 Å². The smallest absolute Gasteiger partial charge is 0.411 e. The van der Waals surface area contributed by atoms with Gasteiger partial charge in [0.15, 0.2) is 11.5 Å². The van der Waals surface area contributed by atoms with Crippen LogP contribution in [0, 0.1) is 11.8 Å². The molecule has 1 N–H and O–H groups in total. The van der Waals surface area contributed by atoms with Gasteiger partial charge in [-0.1, -0.05) is 26.2 Å². The molecule has 158 valence electrons. The van der Waals surface area contributed by atoms with Crippen molar-refractivity contribution in [2.24, 2.45) is 11.8 Å². The van der Waals surface area contributed by atoms with Crippen molar-refractivity contribution in [2.75, 3.05) is 18.7 Å². The Morgan fingerprint density at radius 1 is 1.24 bits per heavy atom. The van der Waals surface area contributed by atoms with Crippen molar-refractivity contribution in [3.63, 3.8) is 0 Å². The predicted octanol–water partition coefficient (Wildman–Crippen LogP) is 4.79. The highest BCUT2D eigenvalue weighted by Crippen LogP contribution is 2.49. The number of fused-ring (bicyclic) bond motifs is 5. The zero-order valence-corrected chi connectivity index (χ0v) is 17.3. The zero-order chi connectivity index (χ0) is 19.8. The van der Waals surface area contributed by atoms with Gasteiger partial charge < -0.3 is 14.2 Å². The minimum atomic E-state index is -0.353. The van der Waals surface area contributed by atoms with E-state index in [-0.39, 0.29) is 19.0 Å². The summed E-state index contributed by atoms with van der Waals surface area (Å²) < 4.78 is 16.7. The summed E-state index contributed by atoms with van der Waals surface area (Å²) in [6.45, 7) is 3.73. The van der Waals surface area contributed by atoms with Crippen LogP contribution in [-0.4, -0.2) is 42.5 Å². The van der Waals surface area contributed by atoms with Gasteiger partial charge in [-0.15, -0.1) is 0 Å². The van der Waals surface area contributed by atoms with Gasteiger partial charge in [-0.05, 0) is 56.7 Å². The maximum atomic E-state index is 12.7. The van der Waals surface area contributed by atoms with Crippen molar-refractivity contribution < 1.29 is 19.0 Å². The van der Waals surface area contributed by atoms with Crippen molar-refractivity contribution >= 4 is 11.8 Å². The summed E-state index contributed by atoms with van der Waals surface area (Å²) in [5.74, 6) is 2.53. The lowest BCUT2D eigenvalue weighted by molar-refractivity contribution is -0.0177. The van der Waals surface area contributed by atoms with Crippen molar-refractivity contribution in [2.45, 2.75) is 76.5 Å². The van der Waals surface area contributed by atoms with E-state index >= 15 is 0 Å². The fourth-order valence-electron chi connectivity index (χ4n) is 6.12. The molecular formula is C23H32N2O4. The van der Waals surface area contributed by atoms with Crippen LogP contribution in [-0.2, 0) is 4.74 Å². The average molecular weight is 401 g/mol. The molecule has 5 rings (SSSR count). The molecule has 1 aliphatic carbocycles. The Morgan fingerprint density at radius 2 is 2.14 bits per heavy atom. The molecule has 1 amide bonds. The second-order valence-electron chi connectivity index (χ2n) is 9.04. The summed E-state index contributed by atoms with van der Waals surface area (Å²) in [6.07, 6.45) is 9.63. The molecule has 1 saturated carbocycles. The maximum absolute atomic E-state index is 12.7. The first-order valence-corrected chi connectivity index (χ1v) is 11.4. The normalized spacial score (nSPS) is 32.7. The standard InChI is InChI=1S/C23H32N2O4/c1-2-3-6-18-15-11-17(19-7-4-5-10-25(18)19)21(12-15)29-23(26)24-16-8-9-20-22(13-16)28-14-27-20/h8-9,13,15,17-19,21H,2-7,10-12,14H2,1H3,(H,24,26)/t15-,17-,18+,19-,21-/m1/s1. The van der Waals surface area contributed by atoms with Gasteiger partial charge in [0, 0.05) is 29.8 Å². The highest BCUT2D eigenvalue weighted by atomic mass is 16.7. The largest absolute Gasteiger partial charge is 0.454 e. The van der Waals surface area contributed by atoms with Crippen molar-refractivity contribution in [1.29, 1.82) is 0 Å². The Kier molecular flexibility index (Phi) is 5.29. The number of carbonyl (C=O) groups excluding carboxylic acids is 1. The van der Waals surface area contributed by atoms with Crippen LogP contribution in [0.3, 0.4) is 0 Å². The minimum absolute atomic E-state index is 0.0336. The van der Waals surface area contributed by atoms with Gasteiger partial charge in [0.1, 0.15) is 6.10 Å². The fraction of sp³-hybridized carbons (Fsp3) is 0.696. The Balaban J connectivity index is 1.25. The van der Waals surface area contributed by atoms with Crippen LogP contribution >= 0.6 is 0 Å². The van der Waals surface area contributed by atoms with Gasteiger partial charge in [-0.2, -0.15) is 0 Å². The van der Waals surface area contributed by atoms with E-state index in [1.54, 1.807) is 6.07 Å². The van der Waals surface area contributed by atoms with E-state index in [1.807, 2.05) is 12.1 Å². The summed E-state index contributed by atoms with van der Waals surface area (Å²) in [5.41, 5.74) is 0.681. The van der Waals surface area contributed by atoms with Crippen LogP contribution in [0.25, 0.3) is 0 Å². The second kappa shape index (κ2) is 8.05. The van der Waals surface area contributed by atoms with Gasteiger partial charge in [-0.25, -0.2) is 4.79 Å². The molecule has 5 atom stereocenters. The summed E-state index contributed by atoms with van der Waals surface area (Å²) in [7, 11) is 0. The van der Waals surface area contributed by atoms with Crippen LogP contribution < -0.4 is 14.8 Å². The Hall–Kier alpha value is -1.95. The van der Waals surface area contributed by atoms with Crippen LogP contribution in [0.15, 0.2) is 18.2 Å². The molecule has 0 unspecified atom stereocenters. The van der Waals surface area contributed by atoms with Gasteiger partial charge in [0.2, 0.25) is 6.79 Å². The lowest BCUT2D eigenvalue weighted by Gasteiger charge is -2.49. The highest BCUT2D eigenvalue weighted by Gasteiger charge is 2.52. The lowest BCUT2D eigenvalue weighted by Crippen LogP contribution is -2.55. The molecule has 2 bridgehead atoms. The Labute approximate surface area is 172 Å². The van der Waals surface area contributed by atoms with E-state index in [1.165, 1.54) is 51.5 Å². The summed E-state index contributed by atoms with van der Waals surface area (Å²) >= 11 is 0. The number of unbranched alkanes of at least 4 members (excludes halogenated alkanes) is 1. The molecular weight excluding hydrogens is 368 g/mol. The maximum Gasteiger partial charge on any atom is 0.411 e. The third-order valence-corrected chi connectivity index (χ3v) is 7.37. The van der Waals surface area contributed by atoms with Gasteiger partial charge in [0.05, 0.1) is 0 Å². The van der Waals surface area contributed by atoms with E-state index in [4.69, 9.17) is 14.2 Å². The van der Waals surface area contributed by atoms with Gasteiger partial charge in [0.25, 0.3) is 0 Å². The number of benzene rings is 1. The Bertz CT molecular complexity index is 754. The molecule has 3 fully saturated rings. The molecule has 6 heteroatoms. The summed E-state index contributed by atoms with van der Waals surface area (Å²) in [4.78, 5) is 15.4. The van der Waals surface area contributed by atoms with E-state index in [9.17, 15) is 4.79 Å². The van der Waals surface area contributed by atoms with Crippen LogP contribution in [0.2, 0.25) is 0 Å². The Morgan fingerprint density at radius 3 is 3.03 bits per heavy atom. The van der Waals surface area contributed by atoms with Crippen molar-refractivity contribution in [1.82, 2.24) is 4.90 Å². The van der Waals surface area contributed by atoms with Crippen LogP contribution in [0.5, 0.6) is 11.5 Å². The van der Waals surface area contributed by atoms with E-state index in [2.05, 4.69) is 17.1 Å². The van der Waals surface area contributed by atoms with Gasteiger partial charge in [-0.3, -0.25) is 10.2 Å². The van der Waals surface area contributed by atoms with Crippen LogP contribution in [0.4, 0.5) is 10.5 Å². The zero-order valence-electron chi connectivity index (χ0n) is 17.3. The monoisotopic (exact) mass is 400 g/mol. The highest BCUT2D eigenvalue weighted by molar-refractivity contribution is 5.85. The fourth-order valence-corrected chi connectivity index (χ4v) is 6.12. The average Bonchev–Trinajstić information content (AvgIpc) is 3.33. The number of nitrogens with one attached hydrogen (secondary N) is 1. The topological polar surface area (TPSA) is 60.0 Å². The van der Waals surface area contributed by atoms with E-state index in [0.717, 1.165) is 6.42 Å². The summed E-state index contributed by atoms with van der Waals surface area (Å²) in [6, 6.07) is 6.71. The first kappa shape index (κ1) is 19.0. The predicted molar refractivity (Wildman–Crippen MR) is 110 cm³/mol.